The summed E-state index contributed by atoms with van der Waals surface area (Å²) in [4.78, 5) is 36.4. The van der Waals surface area contributed by atoms with E-state index in [4.69, 9.17) is 10.5 Å². The van der Waals surface area contributed by atoms with Crippen molar-refractivity contribution < 1.29 is 24.2 Å². The Morgan fingerprint density at radius 2 is 0.942 bits per heavy atom. The highest BCUT2D eigenvalue weighted by atomic mass is 16.5. The molecule has 0 saturated heterocycles. The summed E-state index contributed by atoms with van der Waals surface area (Å²) in [5, 5.41) is 11.9. The molecular weight excluding hydrogens is 649 g/mol. The van der Waals surface area contributed by atoms with Crippen LogP contribution in [0.25, 0.3) is 0 Å². The number of nitrogens with two attached hydrogens (primary N) is 1. The highest BCUT2D eigenvalue weighted by Crippen LogP contribution is 2.19. The number of aliphatic carboxylic acids is 1. The predicted molar refractivity (Wildman–Crippen MR) is 221 cm³/mol. The Bertz CT molecular complexity index is 833. The van der Waals surface area contributed by atoms with Crippen LogP contribution >= 0.6 is 0 Å². The first-order valence-corrected chi connectivity index (χ1v) is 22.5. The monoisotopic (exact) mass is 735 g/mol. The van der Waals surface area contributed by atoms with Crippen LogP contribution in [0.1, 0.15) is 239 Å². The van der Waals surface area contributed by atoms with Crippen LogP contribution in [-0.2, 0) is 19.1 Å². The lowest BCUT2D eigenvalue weighted by Gasteiger charge is -2.18. The molecule has 306 valence electrons. The minimum absolute atomic E-state index is 0.00461. The molecule has 0 bridgehead atoms. The molecule has 52 heavy (non-hydrogen) atoms. The fourth-order valence-corrected chi connectivity index (χ4v) is 6.92. The molecule has 0 fully saturated rings. The highest BCUT2D eigenvalue weighted by Gasteiger charge is 2.19. The van der Waals surface area contributed by atoms with Gasteiger partial charge in [-0.15, -0.1) is 0 Å². The second-order valence-electron chi connectivity index (χ2n) is 15.5. The molecule has 4 N–H and O–H groups in total. The van der Waals surface area contributed by atoms with E-state index in [9.17, 15) is 19.5 Å². The van der Waals surface area contributed by atoms with E-state index in [2.05, 4.69) is 31.3 Å². The first-order chi connectivity index (χ1) is 25.4. The van der Waals surface area contributed by atoms with E-state index < -0.39 is 12.0 Å². The second kappa shape index (κ2) is 40.3. The molecule has 0 heterocycles. The van der Waals surface area contributed by atoms with E-state index in [0.717, 1.165) is 70.6 Å². The quantitative estimate of drug-likeness (QED) is 0.0327. The van der Waals surface area contributed by atoms with Gasteiger partial charge in [0.1, 0.15) is 12.1 Å². The van der Waals surface area contributed by atoms with Crippen LogP contribution in [0.15, 0.2) is 12.2 Å². The third kappa shape index (κ3) is 36.5. The zero-order chi connectivity index (χ0) is 38.2. The average molecular weight is 735 g/mol. The molecule has 0 aliphatic heterocycles. The van der Waals surface area contributed by atoms with E-state index in [-0.39, 0.29) is 18.0 Å². The van der Waals surface area contributed by atoms with Crippen molar-refractivity contribution in [3.63, 3.8) is 0 Å². The molecular formula is C45H86N2O5. The number of carboxylic acids is 1. The maximum Gasteiger partial charge on any atom is 0.326 e. The Morgan fingerprint density at radius 3 is 1.40 bits per heavy atom. The van der Waals surface area contributed by atoms with Crippen LogP contribution in [0.4, 0.5) is 0 Å². The molecule has 0 aliphatic rings. The first-order valence-electron chi connectivity index (χ1n) is 22.5. The third-order valence-corrected chi connectivity index (χ3v) is 10.3. The van der Waals surface area contributed by atoms with Gasteiger partial charge in [0.05, 0.1) is 0 Å². The van der Waals surface area contributed by atoms with Crippen LogP contribution < -0.4 is 11.1 Å². The van der Waals surface area contributed by atoms with Crippen LogP contribution in [0.3, 0.4) is 0 Å². The molecule has 7 heteroatoms. The maximum absolute atomic E-state index is 12.8. The summed E-state index contributed by atoms with van der Waals surface area (Å²) in [5.41, 5.74) is 5.49. The minimum atomic E-state index is -1.00. The van der Waals surface area contributed by atoms with Gasteiger partial charge in [-0.05, 0) is 83.6 Å². The Hall–Kier alpha value is -1.89. The van der Waals surface area contributed by atoms with Gasteiger partial charge < -0.3 is 20.9 Å². The highest BCUT2D eigenvalue weighted by molar-refractivity contribution is 5.83. The van der Waals surface area contributed by atoms with Crippen LogP contribution in [-0.4, -0.2) is 41.6 Å². The number of hydrogen-bond donors (Lipinski definition) is 3. The van der Waals surface area contributed by atoms with E-state index in [0.29, 0.717) is 32.2 Å². The minimum Gasteiger partial charge on any atom is -0.480 e. The number of nitrogens with one attached hydrogen (secondary N) is 1. The third-order valence-electron chi connectivity index (χ3n) is 10.3. The molecule has 0 radical (unpaired) electrons. The van der Waals surface area contributed by atoms with E-state index in [1.54, 1.807) is 0 Å². The van der Waals surface area contributed by atoms with Crippen LogP contribution in [0.5, 0.6) is 0 Å². The fraction of sp³-hybridized carbons (Fsp3) is 0.889. The molecule has 7 nitrogen and oxygen atoms in total. The molecule has 0 aromatic rings. The van der Waals surface area contributed by atoms with Gasteiger partial charge in [-0.1, -0.05) is 161 Å². The summed E-state index contributed by atoms with van der Waals surface area (Å²) in [6.45, 7) is 4.95. The molecule has 1 amide bonds. The summed E-state index contributed by atoms with van der Waals surface area (Å²) >= 11 is 0. The first kappa shape index (κ1) is 50.1. The topological polar surface area (TPSA) is 119 Å². The molecule has 0 aliphatic carbocycles. The Kier molecular flexibility index (Phi) is 38.8. The average Bonchev–Trinajstić information content (AvgIpc) is 3.13. The number of allylic oxidation sites excluding steroid dienone is 2. The largest absolute Gasteiger partial charge is 0.480 e. The number of esters is 1. The summed E-state index contributed by atoms with van der Waals surface area (Å²) in [5.74, 6) is -1.23. The predicted octanol–water partition coefficient (Wildman–Crippen LogP) is 12.7. The molecule has 0 rings (SSSR count). The lowest BCUT2D eigenvalue weighted by molar-refractivity contribution is -0.150. The van der Waals surface area contributed by atoms with Crippen LogP contribution in [0, 0.1) is 0 Å². The SMILES string of the molecule is CCCCCCCCCC/C=C\CCCCCC(CCCCCCCC(=O)NC(CCCN)C(=O)O)OC(=O)CCCCCCCCCCCCC. The Labute approximate surface area is 321 Å². The summed E-state index contributed by atoms with van der Waals surface area (Å²) < 4.78 is 6.04. The Balaban J connectivity index is 4.33. The van der Waals surface area contributed by atoms with Gasteiger partial charge in [0, 0.05) is 12.8 Å². The number of unbranched alkanes of at least 4 members (excludes halogenated alkanes) is 25. The smallest absolute Gasteiger partial charge is 0.326 e. The second-order valence-corrected chi connectivity index (χ2v) is 15.5. The van der Waals surface area contributed by atoms with E-state index in [1.165, 1.54) is 128 Å². The van der Waals surface area contributed by atoms with Gasteiger partial charge in [0.25, 0.3) is 0 Å². The normalized spacial score (nSPS) is 12.7. The van der Waals surface area contributed by atoms with Crippen molar-refractivity contribution in [3.05, 3.63) is 12.2 Å². The van der Waals surface area contributed by atoms with Crippen molar-refractivity contribution in [2.24, 2.45) is 5.73 Å². The van der Waals surface area contributed by atoms with Gasteiger partial charge in [0.15, 0.2) is 0 Å². The number of carboxylic acid groups (broad SMARTS) is 1. The zero-order valence-electron chi connectivity index (χ0n) is 34.4. The number of ether oxygens (including phenoxy) is 1. The maximum atomic E-state index is 12.8. The van der Waals surface area contributed by atoms with Crippen molar-refractivity contribution in [1.82, 2.24) is 5.32 Å². The van der Waals surface area contributed by atoms with Crippen molar-refractivity contribution in [1.29, 1.82) is 0 Å². The van der Waals surface area contributed by atoms with Gasteiger partial charge >= 0.3 is 11.9 Å². The molecule has 0 aromatic carbocycles. The van der Waals surface area contributed by atoms with Crippen molar-refractivity contribution >= 4 is 17.8 Å². The lowest BCUT2D eigenvalue weighted by Crippen LogP contribution is -2.40. The van der Waals surface area contributed by atoms with Crippen molar-refractivity contribution in [3.8, 4) is 0 Å². The number of carbonyl (C=O) groups excluding carboxylic acids is 2. The molecule has 2 unspecified atom stereocenters. The number of carbonyl (C=O) groups is 3. The Morgan fingerprint density at radius 1 is 0.538 bits per heavy atom. The van der Waals surface area contributed by atoms with E-state index in [1.807, 2.05) is 0 Å². The fourth-order valence-electron chi connectivity index (χ4n) is 6.92. The summed E-state index contributed by atoms with van der Waals surface area (Å²) in [6.07, 6.45) is 44.0. The lowest BCUT2D eigenvalue weighted by atomic mass is 10.0. The summed E-state index contributed by atoms with van der Waals surface area (Å²) in [6, 6.07) is -0.855. The number of amides is 1. The van der Waals surface area contributed by atoms with Gasteiger partial charge in [-0.25, -0.2) is 4.79 Å². The van der Waals surface area contributed by atoms with Crippen LogP contribution in [0.2, 0.25) is 0 Å². The van der Waals surface area contributed by atoms with E-state index >= 15 is 0 Å². The molecule has 0 spiro atoms. The number of hydrogen-bond acceptors (Lipinski definition) is 5. The summed E-state index contributed by atoms with van der Waals surface area (Å²) in [7, 11) is 0. The van der Waals surface area contributed by atoms with Gasteiger partial charge in [-0.2, -0.15) is 0 Å². The van der Waals surface area contributed by atoms with Crippen molar-refractivity contribution in [2.75, 3.05) is 6.54 Å². The molecule has 2 atom stereocenters. The number of rotatable bonds is 41. The molecule has 0 aromatic heterocycles. The van der Waals surface area contributed by atoms with Gasteiger partial charge in [0.2, 0.25) is 5.91 Å². The molecule has 0 saturated carbocycles. The zero-order valence-corrected chi connectivity index (χ0v) is 34.4. The standard InChI is InChI=1S/C45H86N2O5/c1-3-5-7-9-11-13-15-16-17-18-20-21-23-26-30-35-41(52-44(49)39-33-29-24-22-19-14-12-10-8-6-4-2)36-31-27-25-28-32-38-43(48)47-42(45(50)51)37-34-40-46/h18,20,41-42H,3-17,19,21-40,46H2,1-2H3,(H,47,48)(H,50,51)/b20-18-. The van der Waals surface area contributed by atoms with Crippen molar-refractivity contribution in [2.45, 2.75) is 251 Å². The van der Waals surface area contributed by atoms with Gasteiger partial charge in [-0.3, -0.25) is 9.59 Å².